The summed E-state index contributed by atoms with van der Waals surface area (Å²) >= 11 is 0. The Hall–Kier alpha value is -3.23. The molecule has 27 heavy (non-hydrogen) atoms. The third-order valence-corrected chi connectivity index (χ3v) is 4.49. The zero-order valence-electron chi connectivity index (χ0n) is 15.2. The van der Waals surface area contributed by atoms with Crippen molar-refractivity contribution in [2.45, 2.75) is 26.3 Å². The zero-order chi connectivity index (χ0) is 18.8. The van der Waals surface area contributed by atoms with Gasteiger partial charge in [0.2, 0.25) is 0 Å². The van der Waals surface area contributed by atoms with Gasteiger partial charge in [-0.3, -0.25) is 4.79 Å². The summed E-state index contributed by atoms with van der Waals surface area (Å²) in [6, 6.07) is 7.31. The first-order valence-electron chi connectivity index (χ1n) is 8.88. The third-order valence-electron chi connectivity index (χ3n) is 4.49. The summed E-state index contributed by atoms with van der Waals surface area (Å²) < 4.78 is 12.3. The lowest BCUT2D eigenvalue weighted by Crippen LogP contribution is -2.29. The quantitative estimate of drug-likeness (QED) is 0.680. The van der Waals surface area contributed by atoms with Crippen LogP contribution in [-0.4, -0.2) is 55.6 Å². The molecule has 1 saturated heterocycles. The summed E-state index contributed by atoms with van der Waals surface area (Å²) in [6.45, 7) is 5.53. The van der Waals surface area contributed by atoms with E-state index in [0.29, 0.717) is 42.7 Å². The van der Waals surface area contributed by atoms with E-state index in [2.05, 4.69) is 20.5 Å². The first kappa shape index (κ1) is 17.2. The molecule has 0 aliphatic carbocycles. The molecule has 9 nitrogen and oxygen atoms in total. The van der Waals surface area contributed by atoms with Crippen molar-refractivity contribution >= 4 is 5.91 Å². The van der Waals surface area contributed by atoms with Crippen LogP contribution in [0.4, 0.5) is 0 Å². The average molecular weight is 368 g/mol. The van der Waals surface area contributed by atoms with E-state index in [1.807, 2.05) is 24.0 Å². The second kappa shape index (κ2) is 7.18. The summed E-state index contributed by atoms with van der Waals surface area (Å²) in [7, 11) is 0. The maximum Gasteiger partial charge on any atom is 0.280 e. The van der Waals surface area contributed by atoms with E-state index in [4.69, 9.17) is 9.26 Å². The molecular formula is C18H20N6O3. The molecule has 0 spiro atoms. The molecule has 0 radical (unpaired) electrons. The molecule has 140 valence electrons. The highest BCUT2D eigenvalue weighted by molar-refractivity contribution is 5.94. The van der Waals surface area contributed by atoms with E-state index >= 15 is 0 Å². The lowest BCUT2D eigenvalue weighted by atomic mass is 10.2. The number of hydrogen-bond donors (Lipinski definition) is 0. The summed E-state index contributed by atoms with van der Waals surface area (Å²) in [5, 5.41) is 12.0. The molecule has 1 atom stereocenters. The number of ether oxygens (including phenoxy) is 1. The highest BCUT2D eigenvalue weighted by atomic mass is 16.5. The topological polar surface area (TPSA) is 99.2 Å². The van der Waals surface area contributed by atoms with E-state index in [9.17, 15) is 4.79 Å². The van der Waals surface area contributed by atoms with Gasteiger partial charge in [-0.2, -0.15) is 4.98 Å². The molecule has 3 heterocycles. The molecule has 4 rings (SSSR count). The average Bonchev–Trinajstić information content (AvgIpc) is 3.42. The third kappa shape index (κ3) is 3.53. The first-order valence-corrected chi connectivity index (χ1v) is 8.88. The van der Waals surface area contributed by atoms with Crippen molar-refractivity contribution in [1.82, 2.24) is 30.0 Å². The molecule has 2 aromatic heterocycles. The maximum atomic E-state index is 12.7. The van der Waals surface area contributed by atoms with Gasteiger partial charge in [0.15, 0.2) is 11.5 Å². The van der Waals surface area contributed by atoms with Crippen molar-refractivity contribution in [2.75, 3.05) is 19.7 Å². The minimum atomic E-state index is 0.00779. The van der Waals surface area contributed by atoms with Crippen LogP contribution in [0.1, 0.15) is 35.6 Å². The Bertz CT molecular complexity index is 933. The normalized spacial score (nSPS) is 16.7. The van der Waals surface area contributed by atoms with Crippen LogP contribution in [0.2, 0.25) is 0 Å². The Balaban J connectivity index is 1.42. The Morgan fingerprint density at radius 2 is 2.15 bits per heavy atom. The first-order chi connectivity index (χ1) is 13.1. The van der Waals surface area contributed by atoms with Gasteiger partial charge in [0.05, 0.1) is 18.8 Å². The van der Waals surface area contributed by atoms with Gasteiger partial charge < -0.3 is 14.2 Å². The van der Waals surface area contributed by atoms with Gasteiger partial charge in [-0.15, -0.1) is 5.10 Å². The fourth-order valence-corrected chi connectivity index (χ4v) is 3.14. The van der Waals surface area contributed by atoms with Crippen molar-refractivity contribution in [1.29, 1.82) is 0 Å². The Kier molecular flexibility index (Phi) is 4.57. The number of likely N-dealkylation sites (tertiary alicyclic amines) is 1. The van der Waals surface area contributed by atoms with Crippen molar-refractivity contribution in [3.8, 4) is 17.3 Å². The van der Waals surface area contributed by atoms with Gasteiger partial charge >= 0.3 is 0 Å². The Morgan fingerprint density at radius 1 is 1.33 bits per heavy atom. The maximum absolute atomic E-state index is 12.7. The van der Waals surface area contributed by atoms with Crippen LogP contribution in [0.25, 0.3) is 11.6 Å². The van der Waals surface area contributed by atoms with Crippen LogP contribution in [0.3, 0.4) is 0 Å². The van der Waals surface area contributed by atoms with Crippen LogP contribution in [-0.2, 0) is 0 Å². The fourth-order valence-electron chi connectivity index (χ4n) is 3.14. The largest absolute Gasteiger partial charge is 0.494 e. The van der Waals surface area contributed by atoms with E-state index in [0.717, 1.165) is 12.2 Å². The van der Waals surface area contributed by atoms with Crippen molar-refractivity contribution in [3.05, 3.63) is 41.9 Å². The molecule has 1 aliphatic heterocycles. The zero-order valence-corrected chi connectivity index (χ0v) is 15.2. The molecule has 1 amide bonds. The van der Waals surface area contributed by atoms with Gasteiger partial charge in [0, 0.05) is 18.7 Å². The number of amides is 1. The SMILES string of the molecule is CCOc1ccc(C(=O)N2CC[C@@H](n3cc(-c4nc(C)no4)nn3)C2)cc1. The number of aryl methyl sites for hydroxylation is 1. The van der Waals surface area contributed by atoms with Gasteiger partial charge in [0.1, 0.15) is 5.75 Å². The Labute approximate surface area is 155 Å². The minimum Gasteiger partial charge on any atom is -0.494 e. The van der Waals surface area contributed by atoms with E-state index in [1.54, 1.807) is 29.9 Å². The second-order valence-electron chi connectivity index (χ2n) is 6.38. The molecule has 0 bridgehead atoms. The number of aromatic nitrogens is 5. The highest BCUT2D eigenvalue weighted by Crippen LogP contribution is 2.24. The van der Waals surface area contributed by atoms with Gasteiger partial charge in [-0.1, -0.05) is 10.4 Å². The van der Waals surface area contributed by atoms with Crippen LogP contribution < -0.4 is 4.74 Å². The summed E-state index contributed by atoms with van der Waals surface area (Å²) in [5.74, 6) is 1.67. The van der Waals surface area contributed by atoms with Crippen molar-refractivity contribution in [2.24, 2.45) is 0 Å². The molecule has 3 aromatic rings. The molecule has 0 N–H and O–H groups in total. The van der Waals surface area contributed by atoms with E-state index in [1.165, 1.54) is 0 Å². The number of benzene rings is 1. The predicted molar refractivity (Wildman–Crippen MR) is 95.2 cm³/mol. The number of nitrogens with zero attached hydrogens (tertiary/aromatic N) is 6. The Morgan fingerprint density at radius 3 is 2.85 bits per heavy atom. The van der Waals surface area contributed by atoms with Crippen LogP contribution in [0, 0.1) is 6.92 Å². The molecule has 0 saturated carbocycles. The summed E-state index contributed by atoms with van der Waals surface area (Å²) in [5.41, 5.74) is 1.19. The number of carbonyl (C=O) groups excluding carboxylic acids is 1. The fraction of sp³-hybridized carbons (Fsp3) is 0.389. The molecule has 0 unspecified atom stereocenters. The summed E-state index contributed by atoms with van der Waals surface area (Å²) in [6.07, 6.45) is 2.59. The number of rotatable bonds is 5. The monoisotopic (exact) mass is 368 g/mol. The standard InChI is InChI=1S/C18H20N6O3/c1-3-26-15-6-4-13(5-7-15)18(25)23-9-8-14(10-23)24-11-16(20-22-24)17-19-12(2)21-27-17/h4-7,11,14H,3,8-10H2,1-2H3/t14-/m1/s1. The molecule has 1 aliphatic rings. The van der Waals surface area contributed by atoms with Crippen LogP contribution in [0.5, 0.6) is 5.75 Å². The summed E-state index contributed by atoms with van der Waals surface area (Å²) in [4.78, 5) is 18.7. The molecule has 9 heteroatoms. The van der Waals surface area contributed by atoms with E-state index in [-0.39, 0.29) is 11.9 Å². The van der Waals surface area contributed by atoms with Crippen LogP contribution in [0.15, 0.2) is 35.0 Å². The highest BCUT2D eigenvalue weighted by Gasteiger charge is 2.29. The lowest BCUT2D eigenvalue weighted by molar-refractivity contribution is 0.0787. The van der Waals surface area contributed by atoms with Gasteiger partial charge in [-0.05, 0) is 44.5 Å². The minimum absolute atomic E-state index is 0.00779. The smallest absolute Gasteiger partial charge is 0.280 e. The molecule has 1 aromatic carbocycles. The van der Waals surface area contributed by atoms with Gasteiger partial charge in [-0.25, -0.2) is 4.68 Å². The second-order valence-corrected chi connectivity index (χ2v) is 6.38. The van der Waals surface area contributed by atoms with E-state index < -0.39 is 0 Å². The van der Waals surface area contributed by atoms with Gasteiger partial charge in [0.25, 0.3) is 11.8 Å². The predicted octanol–water partition coefficient (Wildman–Crippen LogP) is 2.12. The number of carbonyl (C=O) groups is 1. The molecular weight excluding hydrogens is 348 g/mol. The molecule has 1 fully saturated rings. The van der Waals surface area contributed by atoms with Crippen LogP contribution >= 0.6 is 0 Å². The van der Waals surface area contributed by atoms with Crippen molar-refractivity contribution in [3.63, 3.8) is 0 Å². The lowest BCUT2D eigenvalue weighted by Gasteiger charge is -2.16. The van der Waals surface area contributed by atoms with Crippen molar-refractivity contribution < 1.29 is 14.1 Å². The number of hydrogen-bond acceptors (Lipinski definition) is 7.